The summed E-state index contributed by atoms with van der Waals surface area (Å²) in [5.41, 5.74) is 0.696. The smallest absolute Gasteiger partial charge is 0.395 e. The minimum atomic E-state index is -4.37. The molecule has 1 aromatic carbocycles. The molecule has 0 spiro atoms. The first-order valence-corrected chi connectivity index (χ1v) is 6.02. The maximum absolute atomic E-state index is 12.4. The van der Waals surface area contributed by atoms with Gasteiger partial charge in [0.25, 0.3) is 0 Å². The molecule has 0 aliphatic rings. The lowest BCUT2D eigenvalue weighted by molar-refractivity contribution is -0.119. The van der Waals surface area contributed by atoms with Gasteiger partial charge in [-0.2, -0.15) is 13.2 Å². The number of aliphatic hydroxyl groups excluding tert-OH is 2. The number of benzene rings is 1. The van der Waals surface area contributed by atoms with Crippen LogP contribution in [0.4, 0.5) is 18.9 Å². The zero-order chi connectivity index (χ0) is 14.6. The summed E-state index contributed by atoms with van der Waals surface area (Å²) in [6.45, 7) is -0.199. The van der Waals surface area contributed by atoms with Crippen molar-refractivity contribution in [2.24, 2.45) is 0 Å². The summed E-state index contributed by atoms with van der Waals surface area (Å²) < 4.78 is 37.3. The highest BCUT2D eigenvalue weighted by molar-refractivity contribution is 6.31. The highest BCUT2D eigenvalue weighted by atomic mass is 35.5. The summed E-state index contributed by atoms with van der Waals surface area (Å²) in [5, 5.41) is 18.4. The number of alkyl halides is 3. The monoisotopic (exact) mass is 297 g/mol. The Morgan fingerprint density at radius 3 is 2.42 bits per heavy atom. The van der Waals surface area contributed by atoms with E-state index in [0.29, 0.717) is 5.56 Å². The molecule has 1 unspecified atom stereocenters. The lowest BCUT2D eigenvalue weighted by Crippen LogP contribution is -2.36. The third-order valence-corrected chi connectivity index (χ3v) is 2.87. The van der Waals surface area contributed by atoms with Crippen molar-refractivity contribution in [3.63, 3.8) is 0 Å². The summed E-state index contributed by atoms with van der Waals surface area (Å²) in [7, 11) is 0. The van der Waals surface area contributed by atoms with E-state index < -0.39 is 25.4 Å². The molecule has 1 aromatic rings. The Morgan fingerprint density at radius 2 is 2.00 bits per heavy atom. The number of aliphatic hydroxyl groups is 2. The molecule has 2 N–H and O–H groups in total. The molecule has 3 nitrogen and oxygen atoms in total. The first-order chi connectivity index (χ1) is 8.74. The molecule has 0 radical (unpaired) electrons. The second-order valence-electron chi connectivity index (χ2n) is 4.14. The van der Waals surface area contributed by atoms with Crippen LogP contribution in [0, 0.1) is 0 Å². The molecule has 108 valence electrons. The number of nitrogens with zero attached hydrogens (tertiary/aromatic N) is 1. The van der Waals surface area contributed by atoms with Crippen LogP contribution in [-0.2, 0) is 0 Å². The highest BCUT2D eigenvalue weighted by Crippen LogP contribution is 2.29. The minimum Gasteiger partial charge on any atom is -0.395 e. The van der Waals surface area contributed by atoms with E-state index in [1.807, 2.05) is 0 Å². The van der Waals surface area contributed by atoms with Crippen molar-refractivity contribution >= 4 is 17.3 Å². The second-order valence-corrected chi connectivity index (χ2v) is 4.55. The van der Waals surface area contributed by atoms with Crippen molar-refractivity contribution in [2.75, 3.05) is 24.6 Å². The van der Waals surface area contributed by atoms with Crippen molar-refractivity contribution in [3.8, 4) is 0 Å². The topological polar surface area (TPSA) is 43.7 Å². The van der Waals surface area contributed by atoms with E-state index in [1.165, 1.54) is 25.1 Å². The first-order valence-electron chi connectivity index (χ1n) is 5.64. The summed E-state index contributed by atoms with van der Waals surface area (Å²) >= 11 is 5.91. The van der Waals surface area contributed by atoms with Gasteiger partial charge >= 0.3 is 6.18 Å². The fourth-order valence-electron chi connectivity index (χ4n) is 1.69. The summed E-state index contributed by atoms with van der Waals surface area (Å²) in [5.74, 6) is 0. The molecule has 0 aliphatic heterocycles. The number of hydrogen-bond donors (Lipinski definition) is 2. The van der Waals surface area contributed by atoms with Gasteiger partial charge in [0.05, 0.1) is 12.7 Å². The largest absolute Gasteiger partial charge is 0.405 e. The van der Waals surface area contributed by atoms with Gasteiger partial charge in [-0.05, 0) is 24.6 Å². The van der Waals surface area contributed by atoms with E-state index in [4.69, 9.17) is 16.7 Å². The Hall–Kier alpha value is -0.980. The van der Waals surface area contributed by atoms with Gasteiger partial charge in [-0.25, -0.2) is 0 Å². The molecule has 0 saturated heterocycles. The number of anilines is 1. The molecule has 1 atom stereocenters. The van der Waals surface area contributed by atoms with Gasteiger partial charge in [-0.15, -0.1) is 0 Å². The maximum atomic E-state index is 12.4. The molecule has 0 aromatic heterocycles. The molecule has 0 aliphatic carbocycles. The van der Waals surface area contributed by atoms with Gasteiger partial charge in [0.1, 0.15) is 6.54 Å². The molecule has 19 heavy (non-hydrogen) atoms. The average molecular weight is 298 g/mol. The van der Waals surface area contributed by atoms with Crippen molar-refractivity contribution in [1.82, 2.24) is 0 Å². The fourth-order valence-corrected chi connectivity index (χ4v) is 2.02. The standard InChI is InChI=1S/C12H15ClF3NO2/c1-8(19)10-3-2-9(6-11(10)13)17(4-5-18)7-12(14,15)16/h2-3,6,8,18-19H,4-5,7H2,1H3. The van der Waals surface area contributed by atoms with Gasteiger partial charge in [0.2, 0.25) is 0 Å². The van der Waals surface area contributed by atoms with E-state index in [2.05, 4.69) is 0 Å². The predicted octanol–water partition coefficient (Wildman–Crippen LogP) is 2.75. The fraction of sp³-hybridized carbons (Fsp3) is 0.500. The normalized spacial score (nSPS) is 13.4. The van der Waals surface area contributed by atoms with Crippen LogP contribution in [0.25, 0.3) is 0 Å². The van der Waals surface area contributed by atoms with Crippen molar-refractivity contribution in [2.45, 2.75) is 19.2 Å². The Kier molecular flexibility index (Phi) is 5.46. The third kappa shape index (κ3) is 4.89. The lowest BCUT2D eigenvalue weighted by atomic mass is 10.1. The van der Waals surface area contributed by atoms with Crippen molar-refractivity contribution in [3.05, 3.63) is 28.8 Å². The van der Waals surface area contributed by atoms with Gasteiger partial charge in [-0.3, -0.25) is 0 Å². The first kappa shape index (κ1) is 16.1. The lowest BCUT2D eigenvalue weighted by Gasteiger charge is -2.25. The van der Waals surface area contributed by atoms with Crippen LogP contribution in [0.2, 0.25) is 5.02 Å². The van der Waals surface area contributed by atoms with Crippen molar-refractivity contribution < 1.29 is 23.4 Å². The molecule has 1 rings (SSSR count). The third-order valence-electron chi connectivity index (χ3n) is 2.54. The zero-order valence-corrected chi connectivity index (χ0v) is 11.0. The Bertz CT molecular complexity index is 424. The highest BCUT2D eigenvalue weighted by Gasteiger charge is 2.31. The predicted molar refractivity (Wildman–Crippen MR) is 67.4 cm³/mol. The molecule has 0 saturated carbocycles. The van der Waals surface area contributed by atoms with Crippen LogP contribution in [-0.4, -0.2) is 36.1 Å². The molecular weight excluding hydrogens is 283 g/mol. The Labute approximate surface area is 114 Å². The van der Waals surface area contributed by atoms with E-state index in [9.17, 15) is 18.3 Å². The average Bonchev–Trinajstić information content (AvgIpc) is 2.26. The van der Waals surface area contributed by atoms with Crippen LogP contribution >= 0.6 is 11.6 Å². The van der Waals surface area contributed by atoms with E-state index in [1.54, 1.807) is 0 Å². The molecule has 0 bridgehead atoms. The quantitative estimate of drug-likeness (QED) is 0.878. The van der Waals surface area contributed by atoms with Gasteiger partial charge in [0, 0.05) is 17.3 Å². The van der Waals surface area contributed by atoms with E-state index in [-0.39, 0.29) is 17.3 Å². The van der Waals surface area contributed by atoms with E-state index in [0.717, 1.165) is 4.90 Å². The van der Waals surface area contributed by atoms with Crippen LogP contribution in [0.5, 0.6) is 0 Å². The van der Waals surface area contributed by atoms with Crippen LogP contribution in [0.1, 0.15) is 18.6 Å². The Balaban J connectivity index is 3.00. The number of rotatable bonds is 5. The SMILES string of the molecule is CC(O)c1ccc(N(CCO)CC(F)(F)F)cc1Cl. The second kappa shape index (κ2) is 6.45. The minimum absolute atomic E-state index is 0.149. The molecule has 0 heterocycles. The van der Waals surface area contributed by atoms with Crippen LogP contribution in [0.15, 0.2) is 18.2 Å². The molecular formula is C12H15ClF3NO2. The van der Waals surface area contributed by atoms with Gasteiger partial charge in [0.15, 0.2) is 0 Å². The van der Waals surface area contributed by atoms with Gasteiger partial charge < -0.3 is 15.1 Å². The maximum Gasteiger partial charge on any atom is 0.405 e. The van der Waals surface area contributed by atoms with Crippen LogP contribution in [0.3, 0.4) is 0 Å². The number of halogens is 4. The van der Waals surface area contributed by atoms with E-state index >= 15 is 0 Å². The van der Waals surface area contributed by atoms with Gasteiger partial charge in [-0.1, -0.05) is 17.7 Å². The number of hydrogen-bond acceptors (Lipinski definition) is 3. The summed E-state index contributed by atoms with van der Waals surface area (Å²) in [4.78, 5) is 0.984. The zero-order valence-electron chi connectivity index (χ0n) is 10.3. The summed E-state index contributed by atoms with van der Waals surface area (Å²) in [6, 6.07) is 4.27. The van der Waals surface area contributed by atoms with Crippen molar-refractivity contribution in [1.29, 1.82) is 0 Å². The molecule has 0 amide bonds. The van der Waals surface area contributed by atoms with Crippen LogP contribution < -0.4 is 4.90 Å². The molecule has 0 fully saturated rings. The Morgan fingerprint density at radius 1 is 1.37 bits per heavy atom. The summed E-state index contributed by atoms with van der Waals surface area (Å²) in [6.07, 6.45) is -5.17. The molecule has 7 heteroatoms.